The van der Waals surface area contributed by atoms with E-state index in [4.69, 9.17) is 9.97 Å². The van der Waals surface area contributed by atoms with Gasteiger partial charge in [-0.05, 0) is 102 Å². The van der Waals surface area contributed by atoms with Crippen molar-refractivity contribution in [3.63, 3.8) is 0 Å². The predicted octanol–water partition coefficient (Wildman–Crippen LogP) is 13.8. The van der Waals surface area contributed by atoms with E-state index in [0.717, 1.165) is 67.1 Å². The lowest BCUT2D eigenvalue weighted by Crippen LogP contribution is -1.93. The average Bonchev–Trinajstić information content (AvgIpc) is 3.86. The molecule has 0 fully saturated rings. The van der Waals surface area contributed by atoms with Crippen LogP contribution in [0.3, 0.4) is 0 Å². The fourth-order valence-corrected chi connectivity index (χ4v) is 8.56. The Morgan fingerprint density at radius 2 is 0.825 bits per heavy atom. The Labute approximate surface area is 330 Å². The second kappa shape index (κ2) is 13.3. The summed E-state index contributed by atoms with van der Waals surface area (Å²) in [6.07, 6.45) is 0. The van der Waals surface area contributed by atoms with Crippen molar-refractivity contribution in [1.82, 2.24) is 19.5 Å². The SMILES string of the molecule is Cn1c(-c2ccccc2)nc2cc(-c3ccc4c(-c5ccccc5)c5cc(-c6ccc7[nH]c(-c8ccccc8)nc7c6)ccc5c(-c5ccccc5)c4c3)ccc21. The predicted molar refractivity (Wildman–Crippen MR) is 238 cm³/mol. The zero-order chi connectivity index (χ0) is 37.9. The van der Waals surface area contributed by atoms with Crippen molar-refractivity contribution in [3.8, 4) is 67.3 Å². The van der Waals surface area contributed by atoms with Crippen LogP contribution in [0.2, 0.25) is 0 Å². The van der Waals surface area contributed by atoms with Crippen LogP contribution in [-0.4, -0.2) is 19.5 Å². The number of H-pyrrole nitrogens is 1. The van der Waals surface area contributed by atoms with E-state index < -0.39 is 0 Å². The Bertz CT molecular complexity index is 3270. The van der Waals surface area contributed by atoms with Gasteiger partial charge >= 0.3 is 0 Å². The van der Waals surface area contributed by atoms with E-state index in [0.29, 0.717) is 0 Å². The van der Waals surface area contributed by atoms with E-state index in [-0.39, 0.29) is 0 Å². The number of fused-ring (bicyclic) bond motifs is 4. The van der Waals surface area contributed by atoms with Crippen molar-refractivity contribution in [2.24, 2.45) is 7.05 Å². The highest BCUT2D eigenvalue weighted by atomic mass is 15.1. The molecule has 0 amide bonds. The van der Waals surface area contributed by atoms with Gasteiger partial charge in [-0.25, -0.2) is 9.97 Å². The number of aromatic amines is 1. The second-order valence-corrected chi connectivity index (χ2v) is 14.8. The van der Waals surface area contributed by atoms with Gasteiger partial charge in [0.05, 0.1) is 22.1 Å². The van der Waals surface area contributed by atoms with E-state index >= 15 is 0 Å². The first-order chi connectivity index (χ1) is 28.2. The van der Waals surface area contributed by atoms with Crippen molar-refractivity contribution in [2.45, 2.75) is 0 Å². The number of nitrogens with zero attached hydrogens (tertiary/aromatic N) is 3. The van der Waals surface area contributed by atoms with Crippen molar-refractivity contribution in [2.75, 3.05) is 0 Å². The molecule has 2 aromatic heterocycles. The Kier molecular flexibility index (Phi) is 7.68. The molecule has 9 aromatic carbocycles. The molecule has 57 heavy (non-hydrogen) atoms. The molecule has 11 rings (SSSR count). The molecule has 2 heterocycles. The summed E-state index contributed by atoms with van der Waals surface area (Å²) in [5, 5.41) is 4.87. The maximum absolute atomic E-state index is 5.11. The monoisotopic (exact) mass is 728 g/mol. The highest BCUT2D eigenvalue weighted by Gasteiger charge is 2.19. The van der Waals surface area contributed by atoms with Crippen molar-refractivity contribution < 1.29 is 0 Å². The summed E-state index contributed by atoms with van der Waals surface area (Å²) in [6, 6.07) is 69.5. The van der Waals surface area contributed by atoms with Gasteiger partial charge in [-0.3, -0.25) is 0 Å². The summed E-state index contributed by atoms with van der Waals surface area (Å²) in [7, 11) is 2.10. The van der Waals surface area contributed by atoms with Crippen LogP contribution >= 0.6 is 0 Å². The summed E-state index contributed by atoms with van der Waals surface area (Å²) in [5.41, 5.74) is 15.7. The molecule has 0 bridgehead atoms. The van der Waals surface area contributed by atoms with Crippen LogP contribution in [0.4, 0.5) is 0 Å². The van der Waals surface area contributed by atoms with Crippen LogP contribution in [-0.2, 0) is 7.05 Å². The molecule has 4 heteroatoms. The molecule has 0 spiro atoms. The highest BCUT2D eigenvalue weighted by molar-refractivity contribution is 6.22. The Hall–Kier alpha value is -7.56. The third-order valence-corrected chi connectivity index (χ3v) is 11.4. The van der Waals surface area contributed by atoms with E-state index in [2.05, 4.69) is 186 Å². The van der Waals surface area contributed by atoms with Gasteiger partial charge in [0.25, 0.3) is 0 Å². The van der Waals surface area contributed by atoms with Gasteiger partial charge in [0.1, 0.15) is 11.6 Å². The normalized spacial score (nSPS) is 11.6. The molecule has 0 aliphatic carbocycles. The van der Waals surface area contributed by atoms with Crippen LogP contribution in [0, 0.1) is 0 Å². The van der Waals surface area contributed by atoms with E-state index in [1.165, 1.54) is 43.8 Å². The van der Waals surface area contributed by atoms with E-state index in [9.17, 15) is 0 Å². The summed E-state index contributed by atoms with van der Waals surface area (Å²) < 4.78 is 2.18. The molecule has 0 atom stereocenters. The average molecular weight is 729 g/mol. The first-order valence-corrected chi connectivity index (χ1v) is 19.4. The van der Waals surface area contributed by atoms with Crippen LogP contribution < -0.4 is 0 Å². The van der Waals surface area contributed by atoms with E-state index in [1.54, 1.807) is 0 Å². The zero-order valence-corrected chi connectivity index (χ0v) is 31.3. The number of aromatic nitrogens is 4. The minimum Gasteiger partial charge on any atom is -0.338 e. The molecule has 1 N–H and O–H groups in total. The lowest BCUT2D eigenvalue weighted by Gasteiger charge is -2.19. The molecule has 0 unspecified atom stereocenters. The molecule has 268 valence electrons. The lowest BCUT2D eigenvalue weighted by atomic mass is 9.84. The number of imidazole rings is 2. The molecule has 0 saturated carbocycles. The first kappa shape index (κ1) is 32.8. The molecule has 4 nitrogen and oxygen atoms in total. The zero-order valence-electron chi connectivity index (χ0n) is 31.3. The molecule has 11 aromatic rings. The number of rotatable bonds is 6. The minimum absolute atomic E-state index is 0.878. The van der Waals surface area contributed by atoms with Gasteiger partial charge in [-0.1, -0.05) is 158 Å². The molecule has 0 radical (unpaired) electrons. The van der Waals surface area contributed by atoms with Gasteiger partial charge in [-0.15, -0.1) is 0 Å². The number of benzene rings is 9. The fraction of sp³-hybridized carbons (Fsp3) is 0.0189. The van der Waals surface area contributed by atoms with Gasteiger partial charge in [0.15, 0.2) is 0 Å². The van der Waals surface area contributed by atoms with Crippen molar-refractivity contribution in [3.05, 3.63) is 194 Å². The van der Waals surface area contributed by atoms with Gasteiger partial charge in [-0.2, -0.15) is 0 Å². The van der Waals surface area contributed by atoms with Crippen LogP contribution in [0.15, 0.2) is 194 Å². The molecule has 0 aliphatic heterocycles. The minimum atomic E-state index is 0.878. The standard InChI is InChI=1S/C53H36N4/c1-57-49-29-25-41(33-48(49)56-53(57)37-20-12-5-13-21-37)39-23-27-43-45(31-39)51(35-16-8-3-9-17-35)42-26-22-38(30-44(42)50(43)34-14-6-2-7-15-34)40-24-28-46-47(32-40)55-52(54-46)36-18-10-4-11-19-36/h2-33H,1H3,(H,54,55). The highest BCUT2D eigenvalue weighted by Crippen LogP contribution is 2.46. The third-order valence-electron chi connectivity index (χ3n) is 11.4. The van der Waals surface area contributed by atoms with E-state index in [1.807, 2.05) is 24.3 Å². The summed E-state index contributed by atoms with van der Waals surface area (Å²) in [4.78, 5) is 13.6. The van der Waals surface area contributed by atoms with Crippen LogP contribution in [0.1, 0.15) is 0 Å². The van der Waals surface area contributed by atoms with Gasteiger partial charge < -0.3 is 9.55 Å². The Balaban J connectivity index is 1.12. The lowest BCUT2D eigenvalue weighted by molar-refractivity contribution is 0.959. The fourth-order valence-electron chi connectivity index (χ4n) is 8.56. The molecule has 0 saturated heterocycles. The summed E-state index contributed by atoms with van der Waals surface area (Å²) in [6.45, 7) is 0. The Morgan fingerprint density at radius 3 is 1.39 bits per heavy atom. The molecular formula is C53H36N4. The number of hydrogen-bond acceptors (Lipinski definition) is 2. The molecule has 0 aliphatic rings. The van der Waals surface area contributed by atoms with Gasteiger partial charge in [0.2, 0.25) is 0 Å². The third kappa shape index (κ3) is 5.61. The largest absolute Gasteiger partial charge is 0.338 e. The quantitative estimate of drug-likeness (QED) is 0.173. The first-order valence-electron chi connectivity index (χ1n) is 19.4. The van der Waals surface area contributed by atoms with Crippen molar-refractivity contribution >= 4 is 43.6 Å². The maximum Gasteiger partial charge on any atom is 0.140 e. The van der Waals surface area contributed by atoms with Crippen LogP contribution in [0.5, 0.6) is 0 Å². The summed E-state index contributed by atoms with van der Waals surface area (Å²) >= 11 is 0. The second-order valence-electron chi connectivity index (χ2n) is 14.8. The van der Waals surface area contributed by atoms with Gasteiger partial charge in [0, 0.05) is 18.2 Å². The number of hydrogen-bond donors (Lipinski definition) is 1. The number of nitrogens with one attached hydrogen (secondary N) is 1. The Morgan fingerprint density at radius 1 is 0.368 bits per heavy atom. The maximum atomic E-state index is 5.11. The van der Waals surface area contributed by atoms with Crippen LogP contribution in [0.25, 0.3) is 111 Å². The number of aryl methyl sites for hydroxylation is 1. The molecular weight excluding hydrogens is 693 g/mol. The van der Waals surface area contributed by atoms with Crippen molar-refractivity contribution in [1.29, 1.82) is 0 Å². The summed E-state index contributed by atoms with van der Waals surface area (Å²) in [5.74, 6) is 1.84. The smallest absolute Gasteiger partial charge is 0.140 e. The topological polar surface area (TPSA) is 46.5 Å².